The van der Waals surface area contributed by atoms with Crippen LogP contribution in [0.1, 0.15) is 11.8 Å². The lowest BCUT2D eigenvalue weighted by Crippen LogP contribution is -2.42. The van der Waals surface area contributed by atoms with Gasteiger partial charge in [-0.1, -0.05) is 0 Å². The zero-order valence-electron chi connectivity index (χ0n) is 12.2. The fourth-order valence-corrected chi connectivity index (χ4v) is 3.67. The van der Waals surface area contributed by atoms with Crippen LogP contribution in [-0.4, -0.2) is 53.8 Å². The van der Waals surface area contributed by atoms with Crippen molar-refractivity contribution in [1.82, 2.24) is 14.9 Å². The van der Waals surface area contributed by atoms with Gasteiger partial charge in [0.05, 0.1) is 18.6 Å². The summed E-state index contributed by atoms with van der Waals surface area (Å²) >= 11 is 7.67. The summed E-state index contributed by atoms with van der Waals surface area (Å²) in [4.78, 5) is 13.2. The number of morpholine rings is 1. The van der Waals surface area contributed by atoms with Gasteiger partial charge in [-0.05, 0) is 31.5 Å². The molecule has 2 aromatic heterocycles. The number of ether oxygens (including phenoxy) is 1. The second-order valence-electron chi connectivity index (χ2n) is 5.38. The molecule has 7 heteroatoms. The molecule has 1 N–H and O–H groups in total. The molecular weight excluding hydrogens is 308 g/mol. The minimum Gasteiger partial charge on any atom is -0.379 e. The smallest absolute Gasteiger partial charge is 0.225 e. The van der Waals surface area contributed by atoms with Crippen LogP contribution < -0.4 is 5.32 Å². The van der Waals surface area contributed by atoms with Gasteiger partial charge >= 0.3 is 0 Å². The topological polar surface area (TPSA) is 50.3 Å². The van der Waals surface area contributed by atoms with Crippen LogP contribution in [0.25, 0.3) is 10.2 Å². The Bertz CT molecular complexity index is 627. The predicted octanol–water partition coefficient (Wildman–Crippen LogP) is 2.79. The maximum atomic E-state index is 6.03. The number of aryl methyl sites for hydroxylation is 1. The zero-order chi connectivity index (χ0) is 14.8. The fraction of sp³-hybridized carbons (Fsp3) is 0.571. The minimum absolute atomic E-state index is 0.289. The Balaban J connectivity index is 1.74. The molecule has 21 heavy (non-hydrogen) atoms. The van der Waals surface area contributed by atoms with Crippen LogP contribution >= 0.6 is 22.9 Å². The van der Waals surface area contributed by atoms with E-state index in [4.69, 9.17) is 16.3 Å². The summed E-state index contributed by atoms with van der Waals surface area (Å²) in [5.74, 6) is 0.829. The molecule has 0 aliphatic carbocycles. The van der Waals surface area contributed by atoms with Crippen LogP contribution in [0.5, 0.6) is 0 Å². The molecule has 3 heterocycles. The molecule has 1 fully saturated rings. The molecule has 5 nitrogen and oxygen atoms in total. The average molecular weight is 327 g/mol. The third-order valence-corrected chi connectivity index (χ3v) is 4.62. The Kier molecular flexibility index (Phi) is 4.59. The lowest BCUT2D eigenvalue weighted by molar-refractivity contribution is 0.0368. The van der Waals surface area contributed by atoms with E-state index in [9.17, 15) is 0 Å². The molecule has 0 bridgehead atoms. The van der Waals surface area contributed by atoms with Crippen molar-refractivity contribution < 1.29 is 4.74 Å². The van der Waals surface area contributed by atoms with Gasteiger partial charge in [0.25, 0.3) is 0 Å². The van der Waals surface area contributed by atoms with Crippen molar-refractivity contribution in [3.63, 3.8) is 0 Å². The van der Waals surface area contributed by atoms with Crippen LogP contribution in [-0.2, 0) is 4.74 Å². The molecule has 1 aliphatic rings. The standard InChI is InChI=1S/C14H19ClN4OS/c1-9(8-19-3-5-20-6-4-19)16-12-11-7-10(2)21-13(11)18-14(15)17-12/h7,9H,3-6,8H2,1-2H3,(H,16,17,18). The van der Waals surface area contributed by atoms with Gasteiger partial charge in [0, 0.05) is 30.6 Å². The minimum atomic E-state index is 0.289. The molecular formula is C14H19ClN4OS. The first-order valence-corrected chi connectivity index (χ1v) is 8.31. The molecule has 0 aromatic carbocycles. The summed E-state index contributed by atoms with van der Waals surface area (Å²) < 4.78 is 5.38. The van der Waals surface area contributed by atoms with Gasteiger partial charge in [0.2, 0.25) is 5.28 Å². The van der Waals surface area contributed by atoms with E-state index >= 15 is 0 Å². The van der Waals surface area contributed by atoms with Crippen molar-refractivity contribution in [1.29, 1.82) is 0 Å². The lowest BCUT2D eigenvalue weighted by atomic mass is 10.2. The summed E-state index contributed by atoms with van der Waals surface area (Å²) in [6, 6.07) is 2.40. The first-order valence-electron chi connectivity index (χ1n) is 7.12. The van der Waals surface area contributed by atoms with Crippen LogP contribution in [0, 0.1) is 6.92 Å². The second-order valence-corrected chi connectivity index (χ2v) is 6.95. The third-order valence-electron chi connectivity index (χ3n) is 3.51. The Labute approximate surface area is 133 Å². The largest absolute Gasteiger partial charge is 0.379 e. The maximum absolute atomic E-state index is 6.03. The average Bonchev–Trinajstić information content (AvgIpc) is 2.80. The molecule has 1 unspecified atom stereocenters. The van der Waals surface area contributed by atoms with Crippen molar-refractivity contribution in [2.75, 3.05) is 38.2 Å². The number of fused-ring (bicyclic) bond motifs is 1. The first-order chi connectivity index (χ1) is 10.1. The number of thiophene rings is 1. The van der Waals surface area contributed by atoms with Crippen LogP contribution in [0.4, 0.5) is 5.82 Å². The highest BCUT2D eigenvalue weighted by Crippen LogP contribution is 2.29. The number of hydrogen-bond acceptors (Lipinski definition) is 6. The molecule has 1 aliphatic heterocycles. The molecule has 2 aromatic rings. The Morgan fingerprint density at radius 1 is 1.43 bits per heavy atom. The normalized spacial score (nSPS) is 18.0. The second kappa shape index (κ2) is 6.44. The zero-order valence-corrected chi connectivity index (χ0v) is 13.8. The van der Waals surface area contributed by atoms with Crippen LogP contribution in [0.2, 0.25) is 5.28 Å². The highest BCUT2D eigenvalue weighted by atomic mass is 35.5. The Morgan fingerprint density at radius 2 is 2.19 bits per heavy atom. The van der Waals surface area contributed by atoms with E-state index < -0.39 is 0 Å². The molecule has 0 amide bonds. The maximum Gasteiger partial charge on any atom is 0.225 e. The van der Waals surface area contributed by atoms with E-state index in [0.29, 0.717) is 5.28 Å². The van der Waals surface area contributed by atoms with Gasteiger partial charge in [-0.15, -0.1) is 11.3 Å². The number of aromatic nitrogens is 2. The van der Waals surface area contributed by atoms with Crippen molar-refractivity contribution in [3.8, 4) is 0 Å². The molecule has 0 saturated carbocycles. The highest BCUT2D eigenvalue weighted by Gasteiger charge is 2.16. The molecule has 1 atom stereocenters. The molecule has 1 saturated heterocycles. The van der Waals surface area contributed by atoms with E-state index in [0.717, 1.165) is 48.9 Å². The first kappa shape index (κ1) is 15.0. The third kappa shape index (κ3) is 3.63. The summed E-state index contributed by atoms with van der Waals surface area (Å²) in [5.41, 5.74) is 0. The molecule has 0 radical (unpaired) electrons. The lowest BCUT2D eigenvalue weighted by Gasteiger charge is -2.29. The Morgan fingerprint density at radius 3 is 2.95 bits per heavy atom. The Hall–Kier alpha value is -0.950. The van der Waals surface area contributed by atoms with E-state index in [-0.39, 0.29) is 6.04 Å². The van der Waals surface area contributed by atoms with Crippen molar-refractivity contribution in [2.24, 2.45) is 0 Å². The van der Waals surface area contributed by atoms with E-state index in [2.05, 4.69) is 40.1 Å². The van der Waals surface area contributed by atoms with E-state index in [1.54, 1.807) is 11.3 Å². The summed E-state index contributed by atoms with van der Waals surface area (Å²) in [6.45, 7) is 8.82. The van der Waals surface area contributed by atoms with Gasteiger partial charge in [-0.25, -0.2) is 9.97 Å². The van der Waals surface area contributed by atoms with E-state index in [1.165, 1.54) is 4.88 Å². The fourth-order valence-electron chi connectivity index (χ4n) is 2.58. The van der Waals surface area contributed by atoms with Crippen LogP contribution in [0.3, 0.4) is 0 Å². The number of hydrogen-bond donors (Lipinski definition) is 1. The SMILES string of the molecule is Cc1cc2c(NC(C)CN3CCOCC3)nc(Cl)nc2s1. The summed E-state index contributed by atoms with van der Waals surface area (Å²) in [6.07, 6.45) is 0. The van der Waals surface area contributed by atoms with Crippen molar-refractivity contribution >= 4 is 39.0 Å². The van der Waals surface area contributed by atoms with Gasteiger partial charge in [-0.3, -0.25) is 4.90 Å². The molecule has 114 valence electrons. The van der Waals surface area contributed by atoms with Crippen molar-refractivity contribution in [3.05, 3.63) is 16.2 Å². The summed E-state index contributed by atoms with van der Waals surface area (Å²) in [5, 5.41) is 4.82. The molecule has 3 rings (SSSR count). The van der Waals surface area contributed by atoms with Gasteiger partial charge < -0.3 is 10.1 Å². The van der Waals surface area contributed by atoms with Crippen molar-refractivity contribution in [2.45, 2.75) is 19.9 Å². The number of nitrogens with one attached hydrogen (secondary N) is 1. The predicted molar refractivity (Wildman–Crippen MR) is 87.5 cm³/mol. The van der Waals surface area contributed by atoms with Gasteiger partial charge in [0.15, 0.2) is 0 Å². The van der Waals surface area contributed by atoms with Gasteiger partial charge in [0.1, 0.15) is 10.6 Å². The number of nitrogens with zero attached hydrogens (tertiary/aromatic N) is 3. The monoisotopic (exact) mass is 326 g/mol. The van der Waals surface area contributed by atoms with Gasteiger partial charge in [-0.2, -0.15) is 0 Å². The number of rotatable bonds is 4. The summed E-state index contributed by atoms with van der Waals surface area (Å²) in [7, 11) is 0. The van der Waals surface area contributed by atoms with E-state index in [1.807, 2.05) is 0 Å². The quantitative estimate of drug-likeness (QED) is 0.876. The highest BCUT2D eigenvalue weighted by molar-refractivity contribution is 7.18. The number of anilines is 1. The van der Waals surface area contributed by atoms with Crippen LogP contribution in [0.15, 0.2) is 6.07 Å². The number of halogens is 1. The molecule has 0 spiro atoms.